The van der Waals surface area contributed by atoms with Gasteiger partial charge in [0.15, 0.2) is 5.15 Å². The van der Waals surface area contributed by atoms with Gasteiger partial charge in [0.1, 0.15) is 0 Å². The van der Waals surface area contributed by atoms with Gasteiger partial charge in [-0.05, 0) is 18.6 Å². The Morgan fingerprint density at radius 2 is 2.31 bits per heavy atom. The molecule has 84 valence electrons. The minimum Gasteiger partial charge on any atom is -0.377 e. The van der Waals surface area contributed by atoms with E-state index in [1.54, 1.807) is 12.5 Å². The van der Waals surface area contributed by atoms with Crippen LogP contribution in [0.1, 0.15) is 11.3 Å². The van der Waals surface area contributed by atoms with Gasteiger partial charge in [-0.1, -0.05) is 11.6 Å². The van der Waals surface area contributed by atoms with Crippen LogP contribution >= 0.6 is 11.6 Å². The average Bonchev–Trinajstić information content (AvgIpc) is 2.64. The van der Waals surface area contributed by atoms with E-state index in [0.717, 1.165) is 16.9 Å². The van der Waals surface area contributed by atoms with E-state index in [-0.39, 0.29) is 0 Å². The molecule has 2 aromatic rings. The first-order valence-electron chi connectivity index (χ1n) is 4.98. The van der Waals surface area contributed by atoms with Crippen LogP contribution in [0, 0.1) is 6.92 Å². The van der Waals surface area contributed by atoms with E-state index in [4.69, 9.17) is 11.6 Å². The van der Waals surface area contributed by atoms with Crippen LogP contribution in [0.25, 0.3) is 0 Å². The van der Waals surface area contributed by atoms with Crippen LogP contribution in [0.5, 0.6) is 0 Å². The third-order valence-electron chi connectivity index (χ3n) is 2.48. The summed E-state index contributed by atoms with van der Waals surface area (Å²) in [6.07, 6.45) is 5.30. The van der Waals surface area contributed by atoms with Gasteiger partial charge in [-0.2, -0.15) is 0 Å². The quantitative estimate of drug-likeness (QED) is 0.833. The molecule has 5 heteroatoms. The molecule has 0 amide bonds. The van der Waals surface area contributed by atoms with E-state index in [1.807, 2.05) is 30.8 Å². The second kappa shape index (κ2) is 4.53. The minimum absolute atomic E-state index is 0.502. The van der Waals surface area contributed by atoms with Crippen LogP contribution in [-0.2, 0) is 13.6 Å². The molecule has 0 spiro atoms. The zero-order valence-corrected chi connectivity index (χ0v) is 9.99. The maximum atomic E-state index is 6.01. The zero-order valence-electron chi connectivity index (χ0n) is 9.24. The van der Waals surface area contributed by atoms with Crippen LogP contribution in [0.15, 0.2) is 24.8 Å². The van der Waals surface area contributed by atoms with Gasteiger partial charge in [0, 0.05) is 19.4 Å². The largest absolute Gasteiger partial charge is 0.377 e. The molecule has 0 aliphatic heterocycles. The molecule has 2 heterocycles. The highest BCUT2D eigenvalue weighted by atomic mass is 35.5. The monoisotopic (exact) mass is 236 g/mol. The van der Waals surface area contributed by atoms with Crippen molar-refractivity contribution in [1.29, 1.82) is 0 Å². The standard InChI is InChI=1S/C11H13ClN4/c1-8-3-4-14-11(12)10(8)15-6-9-5-13-7-16(9)2/h3-5,7,15H,6H2,1-2H3. The van der Waals surface area contributed by atoms with E-state index in [2.05, 4.69) is 15.3 Å². The Kier molecular flexibility index (Phi) is 3.10. The number of hydrogen-bond donors (Lipinski definition) is 1. The lowest BCUT2D eigenvalue weighted by molar-refractivity contribution is 0.837. The molecule has 16 heavy (non-hydrogen) atoms. The molecule has 2 rings (SSSR count). The SMILES string of the molecule is Cc1ccnc(Cl)c1NCc1cncn1C. The fourth-order valence-corrected chi connectivity index (χ4v) is 1.74. The number of anilines is 1. The normalized spacial score (nSPS) is 10.4. The minimum atomic E-state index is 0.502. The molecule has 0 fully saturated rings. The Labute approximate surface area is 99.3 Å². The van der Waals surface area contributed by atoms with Crippen molar-refractivity contribution in [3.05, 3.63) is 41.2 Å². The maximum absolute atomic E-state index is 6.01. The Balaban J connectivity index is 2.14. The Morgan fingerprint density at radius 1 is 1.50 bits per heavy atom. The first kappa shape index (κ1) is 11.0. The van der Waals surface area contributed by atoms with E-state index in [0.29, 0.717) is 11.7 Å². The number of aromatic nitrogens is 3. The molecule has 0 aliphatic rings. The van der Waals surface area contributed by atoms with Gasteiger partial charge in [0.2, 0.25) is 0 Å². The molecule has 0 unspecified atom stereocenters. The molecule has 0 aliphatic carbocycles. The molecular formula is C11H13ClN4. The second-order valence-electron chi connectivity index (χ2n) is 3.64. The van der Waals surface area contributed by atoms with Crippen molar-refractivity contribution in [1.82, 2.24) is 14.5 Å². The Hall–Kier alpha value is -1.55. The number of aryl methyl sites for hydroxylation is 2. The highest BCUT2D eigenvalue weighted by Gasteiger charge is 2.05. The topological polar surface area (TPSA) is 42.7 Å². The van der Waals surface area contributed by atoms with Gasteiger partial charge in [-0.3, -0.25) is 0 Å². The predicted molar refractivity (Wildman–Crippen MR) is 64.5 cm³/mol. The molecule has 0 radical (unpaired) electrons. The van der Waals surface area contributed by atoms with Crippen LogP contribution < -0.4 is 5.32 Å². The third-order valence-corrected chi connectivity index (χ3v) is 2.76. The number of pyridine rings is 1. The number of hydrogen-bond acceptors (Lipinski definition) is 3. The summed E-state index contributed by atoms with van der Waals surface area (Å²) in [7, 11) is 1.96. The van der Waals surface area contributed by atoms with E-state index < -0.39 is 0 Å². The summed E-state index contributed by atoms with van der Waals surface area (Å²) in [5.74, 6) is 0. The summed E-state index contributed by atoms with van der Waals surface area (Å²) >= 11 is 6.01. The van der Waals surface area contributed by atoms with Gasteiger partial charge in [-0.25, -0.2) is 9.97 Å². The highest BCUT2D eigenvalue weighted by molar-refractivity contribution is 6.32. The smallest absolute Gasteiger partial charge is 0.152 e. The lowest BCUT2D eigenvalue weighted by Gasteiger charge is -2.10. The first-order chi connectivity index (χ1) is 7.68. The number of halogens is 1. The lowest BCUT2D eigenvalue weighted by Crippen LogP contribution is -2.05. The maximum Gasteiger partial charge on any atom is 0.152 e. The van der Waals surface area contributed by atoms with Gasteiger partial charge in [0.05, 0.1) is 24.3 Å². The summed E-state index contributed by atoms with van der Waals surface area (Å²) < 4.78 is 1.96. The third kappa shape index (κ3) is 2.17. The summed E-state index contributed by atoms with van der Waals surface area (Å²) in [6.45, 7) is 2.68. The van der Waals surface area contributed by atoms with Crippen LogP contribution in [-0.4, -0.2) is 14.5 Å². The average molecular weight is 237 g/mol. The molecule has 2 aromatic heterocycles. The van der Waals surface area contributed by atoms with Crippen molar-refractivity contribution in [2.24, 2.45) is 7.05 Å². The van der Waals surface area contributed by atoms with Gasteiger partial charge in [-0.15, -0.1) is 0 Å². The number of nitrogens with one attached hydrogen (secondary N) is 1. The fraction of sp³-hybridized carbons (Fsp3) is 0.273. The second-order valence-corrected chi connectivity index (χ2v) is 4.00. The molecular weight excluding hydrogens is 224 g/mol. The van der Waals surface area contributed by atoms with Crippen molar-refractivity contribution in [2.45, 2.75) is 13.5 Å². The first-order valence-corrected chi connectivity index (χ1v) is 5.36. The van der Waals surface area contributed by atoms with Gasteiger partial charge >= 0.3 is 0 Å². The van der Waals surface area contributed by atoms with Gasteiger partial charge in [0.25, 0.3) is 0 Å². The lowest BCUT2D eigenvalue weighted by atomic mass is 10.2. The highest BCUT2D eigenvalue weighted by Crippen LogP contribution is 2.23. The van der Waals surface area contributed by atoms with Crippen molar-refractivity contribution in [3.63, 3.8) is 0 Å². The van der Waals surface area contributed by atoms with Crippen molar-refractivity contribution >= 4 is 17.3 Å². The summed E-state index contributed by atoms with van der Waals surface area (Å²) in [6, 6.07) is 1.93. The molecule has 0 bridgehead atoms. The molecule has 4 nitrogen and oxygen atoms in total. The number of imidazole rings is 1. The fourth-order valence-electron chi connectivity index (χ4n) is 1.47. The summed E-state index contributed by atoms with van der Waals surface area (Å²) in [5.41, 5.74) is 3.06. The molecule has 0 saturated carbocycles. The van der Waals surface area contributed by atoms with E-state index >= 15 is 0 Å². The van der Waals surface area contributed by atoms with Gasteiger partial charge < -0.3 is 9.88 Å². The number of rotatable bonds is 3. The molecule has 1 N–H and O–H groups in total. The molecule has 0 saturated heterocycles. The molecule has 0 atom stereocenters. The Bertz CT molecular complexity index is 472. The van der Waals surface area contributed by atoms with Crippen LogP contribution in [0.4, 0.5) is 5.69 Å². The van der Waals surface area contributed by atoms with Crippen molar-refractivity contribution < 1.29 is 0 Å². The Morgan fingerprint density at radius 3 is 2.94 bits per heavy atom. The van der Waals surface area contributed by atoms with Crippen LogP contribution in [0.3, 0.4) is 0 Å². The van der Waals surface area contributed by atoms with E-state index in [9.17, 15) is 0 Å². The summed E-state index contributed by atoms with van der Waals surface area (Å²) in [4.78, 5) is 8.10. The molecule has 0 aromatic carbocycles. The predicted octanol–water partition coefficient (Wildman–Crippen LogP) is 2.39. The van der Waals surface area contributed by atoms with E-state index in [1.165, 1.54) is 0 Å². The number of nitrogens with zero attached hydrogens (tertiary/aromatic N) is 3. The van der Waals surface area contributed by atoms with Crippen molar-refractivity contribution in [3.8, 4) is 0 Å². The zero-order chi connectivity index (χ0) is 11.5. The van der Waals surface area contributed by atoms with Crippen molar-refractivity contribution in [2.75, 3.05) is 5.32 Å². The summed E-state index contributed by atoms with van der Waals surface area (Å²) in [5, 5.41) is 3.77. The van der Waals surface area contributed by atoms with Crippen LogP contribution in [0.2, 0.25) is 5.15 Å².